The second-order valence-corrected chi connectivity index (χ2v) is 5.03. The van der Waals surface area contributed by atoms with Crippen LogP contribution in [0.2, 0.25) is 0 Å². The summed E-state index contributed by atoms with van der Waals surface area (Å²) in [5, 5.41) is 6.32. The average molecular weight is 328 g/mol. The van der Waals surface area contributed by atoms with E-state index in [0.29, 0.717) is 0 Å². The van der Waals surface area contributed by atoms with Crippen LogP contribution in [0.25, 0.3) is 0 Å². The molecule has 0 aromatic carbocycles. The second-order valence-electron chi connectivity index (χ2n) is 5.03. The molecule has 0 saturated carbocycles. The van der Waals surface area contributed by atoms with Gasteiger partial charge in [0.2, 0.25) is 5.91 Å². The van der Waals surface area contributed by atoms with Crippen LogP contribution in [-0.2, 0) is 4.79 Å². The summed E-state index contributed by atoms with van der Waals surface area (Å²) < 4.78 is 0. The van der Waals surface area contributed by atoms with Gasteiger partial charge in [-0.2, -0.15) is 0 Å². The molecule has 1 amide bonds. The highest BCUT2D eigenvalue weighted by Crippen LogP contribution is 2.06. The van der Waals surface area contributed by atoms with Crippen molar-refractivity contribution in [1.82, 2.24) is 15.5 Å². The van der Waals surface area contributed by atoms with Gasteiger partial charge in [-0.15, -0.1) is 24.8 Å². The van der Waals surface area contributed by atoms with Crippen LogP contribution in [0.4, 0.5) is 0 Å². The number of hydrogen-bond acceptors (Lipinski definition) is 3. The molecule has 122 valence electrons. The zero-order valence-corrected chi connectivity index (χ0v) is 14.5. The third-order valence-corrected chi connectivity index (χ3v) is 3.72. The number of piperidine rings is 1. The summed E-state index contributed by atoms with van der Waals surface area (Å²) in [7, 11) is 0. The molecule has 6 heteroatoms. The summed E-state index contributed by atoms with van der Waals surface area (Å²) in [6.07, 6.45) is 5.61. The van der Waals surface area contributed by atoms with E-state index in [1.807, 2.05) is 0 Å². The summed E-state index contributed by atoms with van der Waals surface area (Å²) in [6.45, 7) is 9.58. The Morgan fingerprint density at radius 2 is 1.90 bits per heavy atom. The molecule has 1 fully saturated rings. The molecular weight excluding hydrogens is 297 g/mol. The fraction of sp³-hybridized carbons (Fsp3) is 0.929. The number of hydrogen-bond donors (Lipinski definition) is 2. The molecule has 1 saturated heterocycles. The molecule has 0 unspecified atom stereocenters. The Kier molecular flexibility index (Phi) is 15.5. The van der Waals surface area contributed by atoms with Gasteiger partial charge in [-0.3, -0.25) is 4.79 Å². The SMILES string of the molecule is CCN(CC)CCCCNC(=O)[C@H]1CCCCN1.Cl.Cl. The maximum Gasteiger partial charge on any atom is 0.237 e. The van der Waals surface area contributed by atoms with Gasteiger partial charge in [0.05, 0.1) is 6.04 Å². The predicted molar refractivity (Wildman–Crippen MR) is 90.2 cm³/mol. The molecule has 1 rings (SSSR count). The Balaban J connectivity index is 0. The van der Waals surface area contributed by atoms with Gasteiger partial charge in [-0.05, 0) is 51.9 Å². The van der Waals surface area contributed by atoms with Crippen molar-refractivity contribution in [1.29, 1.82) is 0 Å². The van der Waals surface area contributed by atoms with Crippen molar-refractivity contribution in [3.8, 4) is 0 Å². The molecule has 0 spiro atoms. The molecule has 2 N–H and O–H groups in total. The van der Waals surface area contributed by atoms with Crippen molar-refractivity contribution in [2.75, 3.05) is 32.7 Å². The van der Waals surface area contributed by atoms with E-state index in [2.05, 4.69) is 29.4 Å². The first-order chi connectivity index (χ1) is 8.77. The zero-order valence-electron chi connectivity index (χ0n) is 12.8. The average Bonchev–Trinajstić information content (AvgIpc) is 2.43. The number of carbonyl (C=O) groups excluding carboxylic acids is 1. The van der Waals surface area contributed by atoms with Gasteiger partial charge in [0.1, 0.15) is 0 Å². The number of unbranched alkanes of at least 4 members (excludes halogenated alkanes) is 1. The molecular formula is C14H31Cl2N3O. The monoisotopic (exact) mass is 327 g/mol. The highest BCUT2D eigenvalue weighted by Gasteiger charge is 2.19. The van der Waals surface area contributed by atoms with Crippen molar-refractivity contribution in [2.24, 2.45) is 0 Å². The predicted octanol–water partition coefficient (Wildman–Crippen LogP) is 2.21. The van der Waals surface area contributed by atoms with Gasteiger partial charge in [-0.1, -0.05) is 20.3 Å². The van der Waals surface area contributed by atoms with Crippen LogP contribution in [0.15, 0.2) is 0 Å². The van der Waals surface area contributed by atoms with Gasteiger partial charge in [-0.25, -0.2) is 0 Å². The quantitative estimate of drug-likeness (QED) is 0.672. The van der Waals surface area contributed by atoms with Crippen molar-refractivity contribution < 1.29 is 4.79 Å². The second kappa shape index (κ2) is 13.9. The molecule has 20 heavy (non-hydrogen) atoms. The Labute approximate surface area is 136 Å². The standard InChI is InChI=1S/C14H29N3O.2ClH/c1-3-17(4-2)12-8-7-11-16-14(18)13-9-5-6-10-15-13;;/h13,15H,3-12H2,1-2H3,(H,16,18);2*1H/t13-;;/m1../s1. The Morgan fingerprint density at radius 3 is 2.45 bits per heavy atom. The maximum absolute atomic E-state index is 11.8. The number of nitrogens with one attached hydrogen (secondary N) is 2. The fourth-order valence-electron chi connectivity index (χ4n) is 2.41. The third kappa shape index (κ3) is 9.01. The van der Waals surface area contributed by atoms with Gasteiger partial charge >= 0.3 is 0 Å². The van der Waals surface area contributed by atoms with Crippen molar-refractivity contribution in [3.63, 3.8) is 0 Å². The number of rotatable bonds is 8. The lowest BCUT2D eigenvalue weighted by Crippen LogP contribution is -2.46. The lowest BCUT2D eigenvalue weighted by atomic mass is 10.0. The van der Waals surface area contributed by atoms with E-state index in [1.165, 1.54) is 19.3 Å². The maximum atomic E-state index is 11.8. The summed E-state index contributed by atoms with van der Waals surface area (Å²) >= 11 is 0. The number of halogens is 2. The molecule has 1 aliphatic rings. The Bertz CT molecular complexity index is 232. The van der Waals surface area contributed by atoms with E-state index in [-0.39, 0.29) is 36.8 Å². The summed E-state index contributed by atoms with van der Waals surface area (Å²) in [5.41, 5.74) is 0. The minimum Gasteiger partial charge on any atom is -0.355 e. The fourth-order valence-corrected chi connectivity index (χ4v) is 2.41. The van der Waals surface area contributed by atoms with Crippen LogP contribution in [-0.4, -0.2) is 49.6 Å². The summed E-state index contributed by atoms with van der Waals surface area (Å²) in [5.74, 6) is 0.192. The van der Waals surface area contributed by atoms with Crippen molar-refractivity contribution in [2.45, 2.75) is 52.0 Å². The lowest BCUT2D eigenvalue weighted by molar-refractivity contribution is -0.123. The topological polar surface area (TPSA) is 44.4 Å². The lowest BCUT2D eigenvalue weighted by Gasteiger charge is -2.22. The first-order valence-corrected chi connectivity index (χ1v) is 7.51. The molecule has 1 aliphatic heterocycles. The van der Waals surface area contributed by atoms with Crippen molar-refractivity contribution >= 4 is 30.7 Å². The molecule has 0 aromatic rings. The van der Waals surface area contributed by atoms with Gasteiger partial charge < -0.3 is 15.5 Å². The Hall–Kier alpha value is -0.0300. The highest BCUT2D eigenvalue weighted by atomic mass is 35.5. The van der Waals surface area contributed by atoms with Crippen LogP contribution < -0.4 is 10.6 Å². The highest BCUT2D eigenvalue weighted by molar-refractivity contribution is 5.85. The van der Waals surface area contributed by atoms with Crippen LogP contribution in [0.3, 0.4) is 0 Å². The smallest absolute Gasteiger partial charge is 0.237 e. The molecule has 0 bridgehead atoms. The van der Waals surface area contributed by atoms with E-state index >= 15 is 0 Å². The molecule has 1 heterocycles. The van der Waals surface area contributed by atoms with E-state index in [0.717, 1.165) is 45.6 Å². The van der Waals surface area contributed by atoms with E-state index < -0.39 is 0 Å². The summed E-state index contributed by atoms with van der Waals surface area (Å²) in [4.78, 5) is 14.2. The number of nitrogens with zero attached hydrogens (tertiary/aromatic N) is 1. The van der Waals surface area contributed by atoms with Gasteiger partial charge in [0.15, 0.2) is 0 Å². The minimum absolute atomic E-state index is 0. The number of amides is 1. The molecule has 0 aliphatic carbocycles. The third-order valence-electron chi connectivity index (χ3n) is 3.72. The molecule has 0 aromatic heterocycles. The first kappa shape index (κ1) is 22.3. The van der Waals surface area contributed by atoms with Gasteiger partial charge in [0, 0.05) is 6.54 Å². The molecule has 0 radical (unpaired) electrons. The Morgan fingerprint density at radius 1 is 1.20 bits per heavy atom. The van der Waals surface area contributed by atoms with Crippen molar-refractivity contribution in [3.05, 3.63) is 0 Å². The van der Waals surface area contributed by atoms with Crippen LogP contribution in [0.5, 0.6) is 0 Å². The number of carbonyl (C=O) groups is 1. The summed E-state index contributed by atoms with van der Waals surface area (Å²) in [6, 6.07) is 0.0570. The zero-order chi connectivity index (χ0) is 13.2. The minimum atomic E-state index is 0. The normalized spacial score (nSPS) is 18.1. The van der Waals surface area contributed by atoms with E-state index in [4.69, 9.17) is 0 Å². The molecule has 4 nitrogen and oxygen atoms in total. The van der Waals surface area contributed by atoms with Crippen LogP contribution >= 0.6 is 24.8 Å². The first-order valence-electron chi connectivity index (χ1n) is 7.51. The van der Waals surface area contributed by atoms with Crippen LogP contribution in [0.1, 0.15) is 46.0 Å². The van der Waals surface area contributed by atoms with Gasteiger partial charge in [0.25, 0.3) is 0 Å². The van der Waals surface area contributed by atoms with Crippen LogP contribution in [0, 0.1) is 0 Å². The van der Waals surface area contributed by atoms with E-state index in [1.54, 1.807) is 0 Å². The molecule has 1 atom stereocenters. The largest absolute Gasteiger partial charge is 0.355 e. The van der Waals surface area contributed by atoms with E-state index in [9.17, 15) is 4.79 Å².